The van der Waals surface area contributed by atoms with E-state index in [1.165, 1.54) is 17.3 Å². The Hall–Kier alpha value is -3.27. The Labute approximate surface area is 185 Å². The van der Waals surface area contributed by atoms with Crippen LogP contribution in [0.25, 0.3) is 11.1 Å². The summed E-state index contributed by atoms with van der Waals surface area (Å²) in [4.78, 5) is 38.6. The highest BCUT2D eigenvalue weighted by atomic mass is 16.5. The molecule has 9 nitrogen and oxygen atoms in total. The summed E-state index contributed by atoms with van der Waals surface area (Å²) in [5, 5.41) is 30.9. The summed E-state index contributed by atoms with van der Waals surface area (Å²) in [7, 11) is 0. The number of aliphatic hydroxyl groups is 2. The molecule has 0 saturated carbocycles. The van der Waals surface area contributed by atoms with Crippen LogP contribution < -0.4 is 10.8 Å². The average Bonchev–Trinajstić information content (AvgIpc) is 3.19. The summed E-state index contributed by atoms with van der Waals surface area (Å²) < 4.78 is 0. The van der Waals surface area contributed by atoms with Crippen molar-refractivity contribution in [3.05, 3.63) is 60.2 Å². The third kappa shape index (κ3) is 5.50. The average molecular weight is 441 g/mol. The predicted octanol–water partition coefficient (Wildman–Crippen LogP) is 0.229. The van der Waals surface area contributed by atoms with Crippen molar-refractivity contribution in [2.75, 3.05) is 6.54 Å². The van der Waals surface area contributed by atoms with Crippen molar-refractivity contribution < 1.29 is 29.8 Å². The molecule has 1 aliphatic rings. The van der Waals surface area contributed by atoms with Gasteiger partial charge in [0.2, 0.25) is 11.8 Å². The van der Waals surface area contributed by atoms with E-state index in [0.29, 0.717) is 0 Å². The van der Waals surface area contributed by atoms with Gasteiger partial charge in [-0.2, -0.15) is 0 Å². The third-order valence-electron chi connectivity index (χ3n) is 5.49. The van der Waals surface area contributed by atoms with Crippen LogP contribution in [0, 0.1) is 0 Å². The smallest absolute Gasteiger partial charge is 0.268 e. The van der Waals surface area contributed by atoms with E-state index >= 15 is 0 Å². The second-order valence-electron chi connectivity index (χ2n) is 7.89. The van der Waals surface area contributed by atoms with E-state index < -0.39 is 36.1 Å². The molecule has 1 aliphatic heterocycles. The molecule has 4 atom stereocenters. The number of carbonyl (C=O) groups excluding carboxylic acids is 3. The minimum Gasteiger partial charge on any atom is -0.391 e. The van der Waals surface area contributed by atoms with Crippen molar-refractivity contribution in [2.45, 2.75) is 44.1 Å². The maximum absolute atomic E-state index is 12.9. The summed E-state index contributed by atoms with van der Waals surface area (Å²) in [6.07, 6.45) is -2.10. The van der Waals surface area contributed by atoms with Crippen LogP contribution in [0.2, 0.25) is 0 Å². The van der Waals surface area contributed by atoms with Crippen molar-refractivity contribution >= 4 is 17.7 Å². The van der Waals surface area contributed by atoms with Gasteiger partial charge in [-0.15, -0.1) is 0 Å². The summed E-state index contributed by atoms with van der Waals surface area (Å²) in [6, 6.07) is 15.0. The fourth-order valence-electron chi connectivity index (χ4n) is 3.78. The largest absolute Gasteiger partial charge is 0.391 e. The molecule has 3 rings (SSSR count). The molecule has 32 heavy (non-hydrogen) atoms. The maximum atomic E-state index is 12.9. The number of hydrogen-bond donors (Lipinski definition) is 5. The molecule has 1 unspecified atom stereocenters. The Bertz CT molecular complexity index is 948. The highest BCUT2D eigenvalue weighted by Gasteiger charge is 2.40. The lowest BCUT2D eigenvalue weighted by atomic mass is 10.0. The highest BCUT2D eigenvalue weighted by molar-refractivity contribution is 5.93. The van der Waals surface area contributed by atoms with Gasteiger partial charge < -0.3 is 20.4 Å². The lowest BCUT2D eigenvalue weighted by Gasteiger charge is -2.26. The normalized spacial score (nSPS) is 19.8. The number of nitrogens with one attached hydrogen (secondary N) is 2. The van der Waals surface area contributed by atoms with Gasteiger partial charge in [-0.05, 0) is 23.6 Å². The molecule has 170 valence electrons. The number of benzene rings is 2. The molecule has 0 spiro atoms. The number of hydroxylamine groups is 1. The first-order valence-corrected chi connectivity index (χ1v) is 10.3. The van der Waals surface area contributed by atoms with Gasteiger partial charge in [0.15, 0.2) is 0 Å². The molecule has 1 saturated heterocycles. The van der Waals surface area contributed by atoms with Crippen molar-refractivity contribution in [1.29, 1.82) is 0 Å². The van der Waals surface area contributed by atoms with Gasteiger partial charge in [0.1, 0.15) is 12.1 Å². The number of likely N-dealkylation sites (tertiary alicyclic amines) is 1. The molecule has 3 amide bonds. The zero-order valence-electron chi connectivity index (χ0n) is 17.6. The van der Waals surface area contributed by atoms with Crippen molar-refractivity contribution in [2.24, 2.45) is 0 Å². The van der Waals surface area contributed by atoms with E-state index in [9.17, 15) is 24.6 Å². The Balaban J connectivity index is 1.68. The van der Waals surface area contributed by atoms with E-state index in [1.807, 2.05) is 54.6 Å². The number of amides is 3. The van der Waals surface area contributed by atoms with Gasteiger partial charge in [-0.3, -0.25) is 19.6 Å². The van der Waals surface area contributed by atoms with E-state index in [0.717, 1.165) is 16.7 Å². The van der Waals surface area contributed by atoms with Gasteiger partial charge in [0.05, 0.1) is 18.6 Å². The first kappa shape index (κ1) is 23.4. The van der Waals surface area contributed by atoms with E-state index in [4.69, 9.17) is 5.21 Å². The summed E-state index contributed by atoms with van der Waals surface area (Å²) in [6.45, 7) is 1.27. The Morgan fingerprint density at radius 3 is 2.28 bits per heavy atom. The van der Waals surface area contributed by atoms with Crippen LogP contribution >= 0.6 is 0 Å². The number of carbonyl (C=O) groups is 3. The SMILES string of the molecule is C[C@@H](O)[C@H](NC(=O)[C@@H]1CC(O)CN1C(=O)Cc1ccc(-c2ccccc2)cc1)C(=O)NO. The van der Waals surface area contributed by atoms with Crippen molar-refractivity contribution in [1.82, 2.24) is 15.7 Å². The van der Waals surface area contributed by atoms with Crippen LogP contribution in [0.1, 0.15) is 18.9 Å². The minimum atomic E-state index is -1.40. The molecule has 2 aromatic carbocycles. The maximum Gasteiger partial charge on any atom is 0.268 e. The third-order valence-corrected chi connectivity index (χ3v) is 5.49. The molecule has 0 bridgehead atoms. The van der Waals surface area contributed by atoms with Crippen LogP contribution in [0.15, 0.2) is 54.6 Å². The van der Waals surface area contributed by atoms with Gasteiger partial charge in [-0.1, -0.05) is 54.6 Å². The van der Waals surface area contributed by atoms with Crippen LogP contribution in [-0.2, 0) is 20.8 Å². The standard InChI is InChI=1S/C23H27N3O6/c1-14(27)21(23(31)25-32)24-22(30)19-12-18(28)13-26(19)20(29)11-15-7-9-17(10-8-15)16-5-3-2-4-6-16/h2-10,14,18-19,21,27-28,32H,11-13H2,1H3,(H,24,30)(H,25,31)/t14-,18?,19+,21+/m1/s1. The zero-order chi connectivity index (χ0) is 23.3. The van der Waals surface area contributed by atoms with Gasteiger partial charge in [-0.25, -0.2) is 5.48 Å². The Morgan fingerprint density at radius 2 is 1.69 bits per heavy atom. The van der Waals surface area contributed by atoms with Crippen LogP contribution in [0.4, 0.5) is 0 Å². The molecule has 1 fully saturated rings. The summed E-state index contributed by atoms with van der Waals surface area (Å²) >= 11 is 0. The Morgan fingerprint density at radius 1 is 1.06 bits per heavy atom. The van der Waals surface area contributed by atoms with Gasteiger partial charge in [0.25, 0.3) is 5.91 Å². The van der Waals surface area contributed by atoms with Gasteiger partial charge >= 0.3 is 0 Å². The number of aliphatic hydroxyl groups excluding tert-OH is 2. The predicted molar refractivity (Wildman–Crippen MR) is 115 cm³/mol. The van der Waals surface area contributed by atoms with E-state index in [-0.39, 0.29) is 25.3 Å². The molecule has 0 aromatic heterocycles. The summed E-state index contributed by atoms with van der Waals surface area (Å²) in [5.41, 5.74) is 4.23. The number of nitrogens with zero attached hydrogens (tertiary/aromatic N) is 1. The first-order chi connectivity index (χ1) is 15.3. The first-order valence-electron chi connectivity index (χ1n) is 10.3. The molecular weight excluding hydrogens is 414 g/mol. The molecule has 5 N–H and O–H groups in total. The second kappa shape index (κ2) is 10.4. The molecule has 1 heterocycles. The van der Waals surface area contributed by atoms with Gasteiger partial charge in [0, 0.05) is 13.0 Å². The summed E-state index contributed by atoms with van der Waals surface area (Å²) in [5.74, 6) is -2.01. The monoisotopic (exact) mass is 441 g/mol. The Kier molecular flexibility index (Phi) is 7.57. The topological polar surface area (TPSA) is 139 Å². The molecule has 9 heteroatoms. The van der Waals surface area contributed by atoms with Crippen LogP contribution in [0.3, 0.4) is 0 Å². The van der Waals surface area contributed by atoms with E-state index in [1.54, 1.807) is 0 Å². The lowest BCUT2D eigenvalue weighted by Crippen LogP contribution is -2.56. The quantitative estimate of drug-likeness (QED) is 0.308. The fraction of sp³-hybridized carbons (Fsp3) is 0.348. The molecular formula is C23H27N3O6. The minimum absolute atomic E-state index is 0.00936. The second-order valence-corrected chi connectivity index (χ2v) is 7.89. The van der Waals surface area contributed by atoms with Crippen LogP contribution in [0.5, 0.6) is 0 Å². The van der Waals surface area contributed by atoms with E-state index in [2.05, 4.69) is 5.32 Å². The zero-order valence-corrected chi connectivity index (χ0v) is 17.6. The van der Waals surface area contributed by atoms with Crippen molar-refractivity contribution in [3.63, 3.8) is 0 Å². The molecule has 2 aromatic rings. The van der Waals surface area contributed by atoms with Crippen LogP contribution in [-0.4, -0.2) is 68.9 Å². The number of rotatable bonds is 7. The highest BCUT2D eigenvalue weighted by Crippen LogP contribution is 2.22. The number of β-amino-alcohol motifs (C(OH)–C–C–N with tert-alkyl or cyclic N) is 1. The molecule has 0 radical (unpaired) electrons. The van der Waals surface area contributed by atoms with Crippen molar-refractivity contribution in [3.8, 4) is 11.1 Å². The fourth-order valence-corrected chi connectivity index (χ4v) is 3.78. The number of hydrogen-bond acceptors (Lipinski definition) is 6. The molecule has 0 aliphatic carbocycles. The lowest BCUT2D eigenvalue weighted by molar-refractivity contribution is -0.141.